The third-order valence-corrected chi connectivity index (χ3v) is 5.04. The summed E-state index contributed by atoms with van der Waals surface area (Å²) in [5.74, 6) is 2.33. The summed E-state index contributed by atoms with van der Waals surface area (Å²) >= 11 is 0. The van der Waals surface area contributed by atoms with E-state index >= 15 is 0 Å². The predicted molar refractivity (Wildman–Crippen MR) is 106 cm³/mol. The number of nitrogens with one attached hydrogen (secondary N) is 2. The summed E-state index contributed by atoms with van der Waals surface area (Å²) in [6.07, 6.45) is 2.44. The molecule has 142 valence electrons. The van der Waals surface area contributed by atoms with Crippen molar-refractivity contribution in [1.82, 2.24) is 20.4 Å². The molecule has 1 saturated heterocycles. The minimum atomic E-state index is 0.458. The van der Waals surface area contributed by atoms with Crippen molar-refractivity contribution in [3.8, 4) is 0 Å². The molecule has 24 heavy (non-hydrogen) atoms. The van der Waals surface area contributed by atoms with E-state index < -0.39 is 0 Å². The maximum absolute atomic E-state index is 4.41. The number of guanidine groups is 1. The molecule has 0 radical (unpaired) electrons. The number of hydrogen-bond donors (Lipinski definition) is 2. The molecule has 2 N–H and O–H groups in total. The minimum Gasteiger partial charge on any atom is -0.355 e. The van der Waals surface area contributed by atoms with Crippen molar-refractivity contribution in [2.24, 2.45) is 16.8 Å². The lowest BCUT2D eigenvalue weighted by Gasteiger charge is -2.40. The van der Waals surface area contributed by atoms with Gasteiger partial charge in [0, 0.05) is 51.9 Å². The first-order chi connectivity index (χ1) is 11.3. The van der Waals surface area contributed by atoms with Crippen molar-refractivity contribution in [2.75, 3.05) is 46.8 Å². The number of likely N-dealkylation sites (N-methyl/N-ethyl adjacent to an activating group) is 1. The van der Waals surface area contributed by atoms with E-state index in [0.29, 0.717) is 18.0 Å². The number of piperazine rings is 1. The van der Waals surface area contributed by atoms with Crippen molar-refractivity contribution in [3.05, 3.63) is 0 Å². The van der Waals surface area contributed by atoms with Crippen LogP contribution in [0.1, 0.15) is 47.5 Å². The van der Waals surface area contributed by atoms with Crippen LogP contribution >= 0.6 is 0 Å². The molecular weight excluding hydrogens is 298 g/mol. The van der Waals surface area contributed by atoms with Gasteiger partial charge in [-0.3, -0.25) is 9.89 Å². The number of nitrogens with zero attached hydrogens (tertiary/aromatic N) is 3. The average Bonchev–Trinajstić information content (AvgIpc) is 2.53. The quantitative estimate of drug-likeness (QED) is 0.526. The second kappa shape index (κ2) is 10.9. The summed E-state index contributed by atoms with van der Waals surface area (Å²) < 4.78 is 0. The second-order valence-electron chi connectivity index (χ2n) is 8.12. The number of aliphatic imine (C=N–C) groups is 1. The second-order valence-corrected chi connectivity index (χ2v) is 8.12. The monoisotopic (exact) mass is 339 g/mol. The van der Waals surface area contributed by atoms with Gasteiger partial charge in [0.2, 0.25) is 0 Å². The Morgan fingerprint density at radius 3 is 2.12 bits per heavy atom. The Bertz CT molecular complexity index is 359. The molecule has 0 aromatic rings. The lowest BCUT2D eigenvalue weighted by atomic mass is 10.0. The summed E-state index contributed by atoms with van der Waals surface area (Å²) in [6, 6.07) is 1.02. The first kappa shape index (κ1) is 21.2. The van der Waals surface area contributed by atoms with Gasteiger partial charge in [-0.25, -0.2) is 0 Å². The zero-order chi connectivity index (χ0) is 18.1. The third kappa shape index (κ3) is 7.84. The zero-order valence-corrected chi connectivity index (χ0v) is 17.1. The Hall–Kier alpha value is -0.810. The van der Waals surface area contributed by atoms with Crippen LogP contribution in [0.5, 0.6) is 0 Å². The van der Waals surface area contributed by atoms with Crippen LogP contribution < -0.4 is 10.6 Å². The van der Waals surface area contributed by atoms with E-state index in [4.69, 9.17) is 0 Å². The van der Waals surface area contributed by atoms with Crippen LogP contribution in [0.4, 0.5) is 0 Å². The molecule has 5 heteroatoms. The van der Waals surface area contributed by atoms with E-state index in [1.807, 2.05) is 7.05 Å². The van der Waals surface area contributed by atoms with Gasteiger partial charge in [-0.05, 0) is 38.6 Å². The van der Waals surface area contributed by atoms with Crippen LogP contribution in [-0.4, -0.2) is 74.7 Å². The van der Waals surface area contributed by atoms with Crippen LogP contribution in [0.25, 0.3) is 0 Å². The Morgan fingerprint density at radius 2 is 1.62 bits per heavy atom. The van der Waals surface area contributed by atoms with Crippen molar-refractivity contribution < 1.29 is 0 Å². The summed E-state index contributed by atoms with van der Waals surface area (Å²) in [4.78, 5) is 9.46. The highest BCUT2D eigenvalue weighted by Crippen LogP contribution is 2.13. The summed E-state index contributed by atoms with van der Waals surface area (Å²) in [5.41, 5.74) is 0. The lowest BCUT2D eigenvalue weighted by Crippen LogP contribution is -2.55. The lowest BCUT2D eigenvalue weighted by molar-refractivity contribution is 0.0899. The van der Waals surface area contributed by atoms with E-state index in [9.17, 15) is 0 Å². The highest BCUT2D eigenvalue weighted by molar-refractivity contribution is 5.79. The van der Waals surface area contributed by atoms with Crippen LogP contribution in [0.2, 0.25) is 0 Å². The average molecular weight is 340 g/mol. The predicted octanol–water partition coefficient (Wildman–Crippen LogP) is 2.25. The maximum atomic E-state index is 4.41. The van der Waals surface area contributed by atoms with Crippen molar-refractivity contribution >= 4 is 5.96 Å². The topological polar surface area (TPSA) is 42.9 Å². The molecule has 5 nitrogen and oxygen atoms in total. The molecule has 0 amide bonds. The Morgan fingerprint density at radius 1 is 1.00 bits per heavy atom. The van der Waals surface area contributed by atoms with Gasteiger partial charge in [-0.1, -0.05) is 27.7 Å². The molecule has 0 spiro atoms. The molecule has 0 aliphatic carbocycles. The highest BCUT2D eigenvalue weighted by Gasteiger charge is 2.25. The number of rotatable bonds is 8. The zero-order valence-electron chi connectivity index (χ0n) is 17.1. The van der Waals surface area contributed by atoms with Crippen LogP contribution in [0.15, 0.2) is 4.99 Å². The van der Waals surface area contributed by atoms with Crippen LogP contribution in [0, 0.1) is 11.8 Å². The maximum Gasteiger partial charge on any atom is 0.191 e. The van der Waals surface area contributed by atoms with Gasteiger partial charge in [-0.15, -0.1) is 0 Å². The van der Waals surface area contributed by atoms with Crippen LogP contribution in [0.3, 0.4) is 0 Å². The minimum absolute atomic E-state index is 0.458. The Balaban J connectivity index is 2.46. The van der Waals surface area contributed by atoms with Gasteiger partial charge in [-0.2, -0.15) is 0 Å². The molecule has 2 unspecified atom stereocenters. The molecule has 0 saturated carbocycles. The van der Waals surface area contributed by atoms with Crippen molar-refractivity contribution in [1.29, 1.82) is 0 Å². The smallest absolute Gasteiger partial charge is 0.191 e. The molecule has 1 aliphatic heterocycles. The molecule has 1 aliphatic rings. The summed E-state index contributed by atoms with van der Waals surface area (Å²) in [6.45, 7) is 17.1. The molecule has 0 aromatic heterocycles. The fourth-order valence-electron chi connectivity index (χ4n) is 3.22. The van der Waals surface area contributed by atoms with E-state index in [1.54, 1.807) is 0 Å². The molecule has 2 atom stereocenters. The SMILES string of the molecule is CN=C(NCC(C(C)C)N1CCN(C)CC1)NC(C)CCC(C)C. The van der Waals surface area contributed by atoms with E-state index in [2.05, 4.69) is 67.1 Å². The third-order valence-electron chi connectivity index (χ3n) is 5.04. The van der Waals surface area contributed by atoms with Crippen molar-refractivity contribution in [2.45, 2.75) is 59.5 Å². The van der Waals surface area contributed by atoms with Crippen molar-refractivity contribution in [3.63, 3.8) is 0 Å². The standard InChI is InChI=1S/C19H41N5/c1-15(2)8-9-17(5)22-19(20-6)21-14-18(16(3)4)24-12-10-23(7)11-13-24/h15-18H,8-14H2,1-7H3,(H2,20,21,22). The fourth-order valence-corrected chi connectivity index (χ4v) is 3.22. The van der Waals surface area contributed by atoms with Gasteiger partial charge in [0.1, 0.15) is 0 Å². The first-order valence-electron chi connectivity index (χ1n) is 9.73. The number of hydrogen-bond acceptors (Lipinski definition) is 3. The Kier molecular flexibility index (Phi) is 9.67. The Labute approximate surface area is 150 Å². The van der Waals surface area contributed by atoms with Gasteiger partial charge in [0.25, 0.3) is 0 Å². The largest absolute Gasteiger partial charge is 0.355 e. The molecule has 1 fully saturated rings. The van der Waals surface area contributed by atoms with Crippen LogP contribution in [-0.2, 0) is 0 Å². The van der Waals surface area contributed by atoms with E-state index in [1.165, 1.54) is 25.9 Å². The first-order valence-corrected chi connectivity index (χ1v) is 9.73. The van der Waals surface area contributed by atoms with E-state index in [-0.39, 0.29) is 0 Å². The molecule has 0 bridgehead atoms. The summed E-state index contributed by atoms with van der Waals surface area (Å²) in [7, 11) is 4.08. The molecular formula is C19H41N5. The van der Waals surface area contributed by atoms with Gasteiger partial charge >= 0.3 is 0 Å². The van der Waals surface area contributed by atoms with E-state index in [0.717, 1.165) is 31.5 Å². The van der Waals surface area contributed by atoms with Gasteiger partial charge < -0.3 is 15.5 Å². The molecule has 1 heterocycles. The van der Waals surface area contributed by atoms with Gasteiger partial charge in [0.05, 0.1) is 0 Å². The van der Waals surface area contributed by atoms with Gasteiger partial charge in [0.15, 0.2) is 5.96 Å². The summed E-state index contributed by atoms with van der Waals surface area (Å²) in [5, 5.41) is 7.10. The normalized spacial score (nSPS) is 20.5. The molecule has 1 rings (SSSR count). The molecule has 0 aromatic carbocycles. The highest BCUT2D eigenvalue weighted by atomic mass is 15.3. The fraction of sp³-hybridized carbons (Fsp3) is 0.947.